The first-order chi connectivity index (χ1) is 25.0. The highest BCUT2D eigenvalue weighted by molar-refractivity contribution is 5.22. The van der Waals surface area contributed by atoms with Crippen molar-refractivity contribution in [1.29, 1.82) is 0 Å². The van der Waals surface area contributed by atoms with E-state index in [0.29, 0.717) is 32.1 Å². The molecule has 6 aliphatic rings. The molecular formula is C41H70O13. The minimum atomic E-state index is -1.67. The van der Waals surface area contributed by atoms with E-state index >= 15 is 0 Å². The Kier molecular flexibility index (Phi) is 12.0. The Morgan fingerprint density at radius 1 is 0.815 bits per heavy atom. The molecule has 0 aromatic heterocycles. The molecule has 0 aromatic carbocycles. The number of aliphatic hydroxyl groups is 9. The van der Waals surface area contributed by atoms with Gasteiger partial charge >= 0.3 is 0 Å². The second kappa shape index (κ2) is 15.1. The Balaban J connectivity index is 1.30. The first-order valence-electron chi connectivity index (χ1n) is 20.4. The topological polar surface area (TPSA) is 219 Å². The van der Waals surface area contributed by atoms with Crippen LogP contribution < -0.4 is 0 Å². The maximum Gasteiger partial charge on any atom is 0.186 e. The van der Waals surface area contributed by atoms with E-state index in [1.165, 1.54) is 5.57 Å². The van der Waals surface area contributed by atoms with Gasteiger partial charge in [-0.05, 0) is 117 Å². The van der Waals surface area contributed by atoms with E-state index in [-0.39, 0.29) is 35.7 Å². The molecule has 6 fully saturated rings. The predicted molar refractivity (Wildman–Crippen MR) is 196 cm³/mol. The summed E-state index contributed by atoms with van der Waals surface area (Å²) < 4.78 is 24.1. The smallest absolute Gasteiger partial charge is 0.186 e. The zero-order chi connectivity index (χ0) is 39.9. The van der Waals surface area contributed by atoms with Crippen LogP contribution in [0.2, 0.25) is 0 Å². The van der Waals surface area contributed by atoms with Gasteiger partial charge in [0.15, 0.2) is 12.6 Å². The van der Waals surface area contributed by atoms with Crippen LogP contribution in [-0.2, 0) is 18.9 Å². The summed E-state index contributed by atoms with van der Waals surface area (Å²) in [5, 5.41) is 99.4. The van der Waals surface area contributed by atoms with Crippen molar-refractivity contribution in [2.24, 2.45) is 45.3 Å². The molecule has 4 aliphatic carbocycles. The number of rotatable bonds is 9. The number of hydrogen-bond donors (Lipinski definition) is 9. The summed E-state index contributed by atoms with van der Waals surface area (Å²) in [7, 11) is 0. The van der Waals surface area contributed by atoms with Gasteiger partial charge in [-0.2, -0.15) is 0 Å². The quantitative estimate of drug-likeness (QED) is 0.121. The number of allylic oxidation sites excluding steroid dienone is 2. The van der Waals surface area contributed by atoms with Gasteiger partial charge in [0.05, 0.1) is 37.1 Å². The summed E-state index contributed by atoms with van der Waals surface area (Å²) in [4.78, 5) is 0. The van der Waals surface area contributed by atoms with Crippen molar-refractivity contribution in [3.63, 3.8) is 0 Å². The fourth-order valence-electron chi connectivity index (χ4n) is 13.0. The molecule has 13 nitrogen and oxygen atoms in total. The van der Waals surface area contributed by atoms with Crippen LogP contribution in [0.5, 0.6) is 0 Å². The van der Waals surface area contributed by atoms with E-state index < -0.39 is 102 Å². The summed E-state index contributed by atoms with van der Waals surface area (Å²) in [6.45, 7) is 16.3. The Labute approximate surface area is 320 Å². The molecule has 54 heavy (non-hydrogen) atoms. The lowest BCUT2D eigenvalue weighted by atomic mass is 9.34. The molecule has 4 saturated carbocycles. The predicted octanol–water partition coefficient (Wildman–Crippen LogP) is 1.76. The molecule has 13 heteroatoms. The molecule has 9 N–H and O–H groups in total. The molecule has 2 aliphatic heterocycles. The summed E-state index contributed by atoms with van der Waals surface area (Å²) in [5.41, 5.74) is -1.58. The summed E-state index contributed by atoms with van der Waals surface area (Å²) in [5.74, 6) is -0.437. The maximum absolute atomic E-state index is 12.2. The summed E-state index contributed by atoms with van der Waals surface area (Å²) in [6.07, 6.45) is -7.50. The molecule has 2 heterocycles. The standard InChI is InChI=1S/C41H70O13/c1-20(2)10-9-13-41(8,50)21-11-15-39(6)28(21)22(42)16-26-38(5)14-12-27(44)37(3,4)34(38)24(17-40(26,39)7)53-36-33(49)31(47)30(46)25(54-36)19-52-35-32(48)29(45)23(43)18-51-35/h10,21-36,42-50H,9,11-19H2,1-8H3/t21-,22+,23-,24-,25-,26+,27-,28-,29+,30-,31+,32-,33-,34-,35+,36-,38+,39+,40+,41-/m0/s1. The molecule has 312 valence electrons. The van der Waals surface area contributed by atoms with Crippen molar-refractivity contribution in [2.75, 3.05) is 13.2 Å². The largest absolute Gasteiger partial charge is 0.393 e. The van der Waals surface area contributed by atoms with E-state index in [1.54, 1.807) is 0 Å². The van der Waals surface area contributed by atoms with Crippen LogP contribution in [0.1, 0.15) is 107 Å². The molecule has 20 atom stereocenters. The van der Waals surface area contributed by atoms with Gasteiger partial charge in [-0.15, -0.1) is 0 Å². The molecule has 0 aromatic rings. The van der Waals surface area contributed by atoms with Gasteiger partial charge in [0.25, 0.3) is 0 Å². The Morgan fingerprint density at radius 3 is 2.15 bits per heavy atom. The van der Waals surface area contributed by atoms with Crippen LogP contribution in [-0.4, -0.2) is 138 Å². The SMILES string of the molecule is CC(C)=CCC[C@](C)(O)[C@H]1CC[C@]2(C)[C@@H]1[C@H](O)C[C@@H]1[C@@]3(C)CC[C@H](O)C(C)(C)[C@@H]3[C@@H](O[C@H]3O[C@@H](CO[C@H]4OC[C@H](O)[C@@H](O)[C@@H]4O)[C@H](O)[C@@H](O)[C@@H]3O)C[C@]12C. The third-order valence-electron chi connectivity index (χ3n) is 16.1. The van der Waals surface area contributed by atoms with Gasteiger partial charge < -0.3 is 64.9 Å². The second-order valence-corrected chi connectivity index (χ2v) is 19.9. The molecule has 6 rings (SSSR count). The minimum absolute atomic E-state index is 0.0637. The summed E-state index contributed by atoms with van der Waals surface area (Å²) >= 11 is 0. The van der Waals surface area contributed by atoms with Gasteiger partial charge in [0, 0.05) is 0 Å². The summed E-state index contributed by atoms with van der Waals surface area (Å²) in [6, 6.07) is 0. The van der Waals surface area contributed by atoms with E-state index in [4.69, 9.17) is 18.9 Å². The lowest BCUT2D eigenvalue weighted by Gasteiger charge is -2.72. The van der Waals surface area contributed by atoms with E-state index in [9.17, 15) is 46.0 Å². The van der Waals surface area contributed by atoms with Crippen LogP contribution in [0.15, 0.2) is 11.6 Å². The molecule has 2 saturated heterocycles. The lowest BCUT2D eigenvalue weighted by molar-refractivity contribution is -0.353. The highest BCUT2D eigenvalue weighted by Gasteiger charge is 2.73. The fourth-order valence-corrected chi connectivity index (χ4v) is 13.0. The highest BCUT2D eigenvalue weighted by atomic mass is 16.7. The van der Waals surface area contributed by atoms with Gasteiger partial charge in [0.2, 0.25) is 0 Å². The maximum atomic E-state index is 12.2. The zero-order valence-corrected chi connectivity index (χ0v) is 33.5. The van der Waals surface area contributed by atoms with Crippen molar-refractivity contribution >= 4 is 0 Å². The van der Waals surface area contributed by atoms with Crippen LogP contribution in [0.3, 0.4) is 0 Å². The van der Waals surface area contributed by atoms with Crippen LogP contribution in [0.4, 0.5) is 0 Å². The first kappa shape index (κ1) is 42.8. The van der Waals surface area contributed by atoms with E-state index in [1.807, 2.05) is 20.8 Å². The molecule has 0 unspecified atom stereocenters. The first-order valence-corrected chi connectivity index (χ1v) is 20.4. The molecule has 0 radical (unpaired) electrons. The Hall–Kier alpha value is -0.780. The fraction of sp³-hybridized carbons (Fsp3) is 0.951. The van der Waals surface area contributed by atoms with Crippen LogP contribution in [0.25, 0.3) is 0 Å². The number of hydrogen-bond acceptors (Lipinski definition) is 13. The average molecular weight is 771 g/mol. The number of fused-ring (bicyclic) bond motifs is 5. The zero-order valence-electron chi connectivity index (χ0n) is 33.5. The molecule has 0 amide bonds. The van der Waals surface area contributed by atoms with Crippen molar-refractivity contribution in [1.82, 2.24) is 0 Å². The number of ether oxygens (including phenoxy) is 4. The van der Waals surface area contributed by atoms with Crippen molar-refractivity contribution in [3.8, 4) is 0 Å². The molecular weight excluding hydrogens is 700 g/mol. The third kappa shape index (κ3) is 6.96. The minimum Gasteiger partial charge on any atom is -0.393 e. The third-order valence-corrected chi connectivity index (χ3v) is 16.1. The van der Waals surface area contributed by atoms with Gasteiger partial charge in [0.1, 0.15) is 42.7 Å². The highest BCUT2D eigenvalue weighted by Crippen LogP contribution is 2.76. The van der Waals surface area contributed by atoms with E-state index in [0.717, 1.165) is 19.3 Å². The lowest BCUT2D eigenvalue weighted by Crippen LogP contribution is -2.71. The van der Waals surface area contributed by atoms with Gasteiger partial charge in [-0.3, -0.25) is 0 Å². The Bertz CT molecular complexity index is 1350. The Morgan fingerprint density at radius 2 is 1.48 bits per heavy atom. The normalized spacial score (nSPS) is 52.8. The monoisotopic (exact) mass is 770 g/mol. The van der Waals surface area contributed by atoms with Crippen LogP contribution in [0, 0.1) is 45.3 Å². The van der Waals surface area contributed by atoms with Crippen molar-refractivity contribution in [3.05, 3.63) is 11.6 Å². The van der Waals surface area contributed by atoms with Crippen molar-refractivity contribution in [2.45, 2.75) is 186 Å². The number of aliphatic hydroxyl groups excluding tert-OH is 8. The van der Waals surface area contributed by atoms with E-state index in [2.05, 4.69) is 40.7 Å². The molecule has 0 spiro atoms. The van der Waals surface area contributed by atoms with Gasteiger partial charge in [-0.1, -0.05) is 46.3 Å². The average Bonchev–Trinajstić information content (AvgIpc) is 3.47. The molecule has 0 bridgehead atoms. The van der Waals surface area contributed by atoms with Crippen molar-refractivity contribution < 1.29 is 64.9 Å². The van der Waals surface area contributed by atoms with Gasteiger partial charge in [-0.25, -0.2) is 0 Å². The van der Waals surface area contributed by atoms with Crippen LogP contribution >= 0.6 is 0 Å². The second-order valence-electron chi connectivity index (χ2n) is 19.9.